The molecule has 1 aliphatic rings. The molecule has 3 nitrogen and oxygen atoms in total. The van der Waals surface area contributed by atoms with E-state index in [2.05, 4.69) is 10.2 Å². The van der Waals surface area contributed by atoms with E-state index in [0.29, 0.717) is 0 Å². The molecule has 0 bridgehead atoms. The van der Waals surface area contributed by atoms with Gasteiger partial charge in [0, 0.05) is 17.6 Å². The van der Waals surface area contributed by atoms with Gasteiger partial charge < -0.3 is 10.2 Å². The summed E-state index contributed by atoms with van der Waals surface area (Å²) in [6.07, 6.45) is 2.10. The fourth-order valence-electron chi connectivity index (χ4n) is 3.31. The molecular weight excluding hydrogens is 317 g/mol. The fourth-order valence-corrected chi connectivity index (χ4v) is 3.31. The molecule has 0 heterocycles. The molecule has 0 unspecified atom stereocenters. The molecule has 134 valence electrons. The Morgan fingerprint density at radius 1 is 1.04 bits per heavy atom. The third-order valence-corrected chi connectivity index (χ3v) is 4.68. The van der Waals surface area contributed by atoms with Crippen LogP contribution in [-0.2, 0) is 6.18 Å². The number of likely N-dealkylation sites (N-methyl/N-ethyl adjacent to an activating group) is 1. The Morgan fingerprint density at radius 3 is 2.17 bits per heavy atom. The summed E-state index contributed by atoms with van der Waals surface area (Å²) >= 11 is 0. The van der Waals surface area contributed by atoms with Crippen LogP contribution in [-0.4, -0.2) is 37.0 Å². The van der Waals surface area contributed by atoms with Crippen molar-refractivity contribution in [1.82, 2.24) is 10.2 Å². The van der Waals surface area contributed by atoms with Gasteiger partial charge in [0.15, 0.2) is 0 Å². The van der Waals surface area contributed by atoms with Crippen molar-refractivity contribution in [3.8, 4) is 0 Å². The van der Waals surface area contributed by atoms with Gasteiger partial charge in [-0.15, -0.1) is 0 Å². The number of halogens is 3. The zero-order chi connectivity index (χ0) is 17.7. The first kappa shape index (κ1) is 18.8. The molecule has 1 aromatic carbocycles. The molecule has 6 heteroatoms. The van der Waals surface area contributed by atoms with Crippen molar-refractivity contribution in [1.29, 1.82) is 0 Å². The topological polar surface area (TPSA) is 32.3 Å². The Hall–Kier alpha value is -1.56. The van der Waals surface area contributed by atoms with Gasteiger partial charge in [0.05, 0.1) is 5.56 Å². The lowest BCUT2D eigenvalue weighted by Gasteiger charge is -2.34. The standard InChI is InChI=1S/C18H25F3N2O/c1-23(2)16-8-6-4-3-5-7-15(16)22-17(24)13-9-11-14(12-10-13)18(19,20)21/h9-12,15-16H,3-8H2,1-2H3,(H,22,24)/t15-,16-/m1/s1. The lowest BCUT2D eigenvalue weighted by atomic mass is 9.91. The summed E-state index contributed by atoms with van der Waals surface area (Å²) in [7, 11) is 4.01. The quantitative estimate of drug-likeness (QED) is 0.897. The molecule has 0 aliphatic heterocycles. The molecule has 1 amide bonds. The molecule has 0 radical (unpaired) electrons. The number of carbonyl (C=O) groups excluding carboxylic acids is 1. The molecule has 1 N–H and O–H groups in total. The number of hydrogen-bond acceptors (Lipinski definition) is 2. The number of nitrogens with zero attached hydrogens (tertiary/aromatic N) is 1. The zero-order valence-corrected chi connectivity index (χ0v) is 14.2. The van der Waals surface area contributed by atoms with E-state index in [1.54, 1.807) is 0 Å². The SMILES string of the molecule is CN(C)[C@@H]1CCCCCC[C@H]1NC(=O)c1ccc(C(F)(F)F)cc1. The van der Waals surface area contributed by atoms with Crippen molar-refractivity contribution in [3.05, 3.63) is 35.4 Å². The summed E-state index contributed by atoms with van der Waals surface area (Å²) in [5.74, 6) is -0.304. The summed E-state index contributed by atoms with van der Waals surface area (Å²) in [5, 5.41) is 3.03. The molecule has 1 aromatic rings. The predicted molar refractivity (Wildman–Crippen MR) is 87.9 cm³/mol. The van der Waals surface area contributed by atoms with E-state index in [0.717, 1.165) is 44.2 Å². The van der Waals surface area contributed by atoms with Gasteiger partial charge in [0.25, 0.3) is 5.91 Å². The average Bonchev–Trinajstić information content (AvgIpc) is 2.49. The first-order valence-electron chi connectivity index (χ1n) is 8.43. The normalized spacial score (nSPS) is 22.8. The third-order valence-electron chi connectivity index (χ3n) is 4.68. The van der Waals surface area contributed by atoms with E-state index in [1.165, 1.54) is 18.6 Å². The summed E-state index contributed by atoms with van der Waals surface area (Å²) in [6.45, 7) is 0. The maximum absolute atomic E-state index is 12.6. The molecule has 0 aromatic heterocycles. The minimum Gasteiger partial charge on any atom is -0.348 e. The second-order valence-corrected chi connectivity index (χ2v) is 6.68. The molecule has 1 fully saturated rings. The van der Waals surface area contributed by atoms with Crippen molar-refractivity contribution in [2.24, 2.45) is 0 Å². The summed E-state index contributed by atoms with van der Waals surface area (Å²) in [6, 6.07) is 4.67. The first-order chi connectivity index (χ1) is 11.3. The van der Waals surface area contributed by atoms with Gasteiger partial charge in [-0.25, -0.2) is 0 Å². The van der Waals surface area contributed by atoms with Crippen LogP contribution in [0.5, 0.6) is 0 Å². The van der Waals surface area contributed by atoms with E-state index in [-0.39, 0.29) is 23.6 Å². The highest BCUT2D eigenvalue weighted by Crippen LogP contribution is 2.29. The van der Waals surface area contributed by atoms with Crippen LogP contribution >= 0.6 is 0 Å². The summed E-state index contributed by atoms with van der Waals surface area (Å²) in [4.78, 5) is 14.6. The molecule has 1 aliphatic carbocycles. The van der Waals surface area contributed by atoms with Crippen LogP contribution in [0, 0.1) is 0 Å². The largest absolute Gasteiger partial charge is 0.416 e. The van der Waals surface area contributed by atoms with Gasteiger partial charge in [0.2, 0.25) is 0 Å². The Bertz CT molecular complexity index is 540. The van der Waals surface area contributed by atoms with Crippen LogP contribution in [0.25, 0.3) is 0 Å². The number of hydrogen-bond donors (Lipinski definition) is 1. The first-order valence-corrected chi connectivity index (χ1v) is 8.43. The van der Waals surface area contributed by atoms with Gasteiger partial charge >= 0.3 is 6.18 Å². The molecule has 2 rings (SSSR count). The van der Waals surface area contributed by atoms with Crippen molar-refractivity contribution in [2.45, 2.75) is 56.8 Å². The number of alkyl halides is 3. The van der Waals surface area contributed by atoms with Gasteiger partial charge in [-0.05, 0) is 51.2 Å². The Balaban J connectivity index is 2.08. The second kappa shape index (κ2) is 8.01. The predicted octanol–water partition coefficient (Wildman–Crippen LogP) is 4.09. The Kier molecular flexibility index (Phi) is 6.27. The van der Waals surface area contributed by atoms with Crippen molar-refractivity contribution >= 4 is 5.91 Å². The maximum atomic E-state index is 12.6. The average molecular weight is 342 g/mol. The molecule has 0 spiro atoms. The summed E-state index contributed by atoms with van der Waals surface area (Å²) < 4.78 is 37.8. The van der Waals surface area contributed by atoms with Crippen LogP contribution in [0.4, 0.5) is 13.2 Å². The van der Waals surface area contributed by atoms with Crippen molar-refractivity contribution in [2.75, 3.05) is 14.1 Å². The fraction of sp³-hybridized carbons (Fsp3) is 0.611. The van der Waals surface area contributed by atoms with Gasteiger partial charge in [-0.2, -0.15) is 13.2 Å². The monoisotopic (exact) mass is 342 g/mol. The van der Waals surface area contributed by atoms with Gasteiger partial charge in [0.1, 0.15) is 0 Å². The maximum Gasteiger partial charge on any atom is 0.416 e. The van der Waals surface area contributed by atoms with Crippen LogP contribution < -0.4 is 5.32 Å². The number of nitrogens with one attached hydrogen (secondary N) is 1. The number of benzene rings is 1. The van der Waals surface area contributed by atoms with Crippen molar-refractivity contribution < 1.29 is 18.0 Å². The lowest BCUT2D eigenvalue weighted by Crippen LogP contribution is -2.49. The van der Waals surface area contributed by atoms with E-state index in [9.17, 15) is 18.0 Å². The second-order valence-electron chi connectivity index (χ2n) is 6.68. The van der Waals surface area contributed by atoms with Crippen LogP contribution in [0.15, 0.2) is 24.3 Å². The molecule has 0 saturated heterocycles. The van der Waals surface area contributed by atoms with E-state index in [1.807, 2.05) is 14.1 Å². The molecule has 24 heavy (non-hydrogen) atoms. The molecule has 2 atom stereocenters. The molecular formula is C18H25F3N2O. The lowest BCUT2D eigenvalue weighted by molar-refractivity contribution is -0.137. The highest BCUT2D eigenvalue weighted by atomic mass is 19.4. The van der Waals surface area contributed by atoms with Gasteiger partial charge in [-0.3, -0.25) is 4.79 Å². The number of amides is 1. The Labute approximate surface area is 141 Å². The number of rotatable bonds is 3. The smallest absolute Gasteiger partial charge is 0.348 e. The van der Waals surface area contributed by atoms with E-state index in [4.69, 9.17) is 0 Å². The summed E-state index contributed by atoms with van der Waals surface area (Å²) in [5.41, 5.74) is -0.473. The van der Waals surface area contributed by atoms with E-state index >= 15 is 0 Å². The van der Waals surface area contributed by atoms with Crippen LogP contribution in [0.1, 0.15) is 54.4 Å². The van der Waals surface area contributed by atoms with Crippen LogP contribution in [0.2, 0.25) is 0 Å². The number of carbonyl (C=O) groups is 1. The highest BCUT2D eigenvalue weighted by molar-refractivity contribution is 5.94. The zero-order valence-electron chi connectivity index (χ0n) is 14.2. The minimum absolute atomic E-state index is 0.0232. The van der Waals surface area contributed by atoms with Crippen molar-refractivity contribution in [3.63, 3.8) is 0 Å². The molecule has 1 saturated carbocycles. The van der Waals surface area contributed by atoms with Gasteiger partial charge in [-0.1, -0.05) is 25.7 Å². The third kappa shape index (κ3) is 4.97. The Morgan fingerprint density at radius 2 is 1.62 bits per heavy atom. The van der Waals surface area contributed by atoms with E-state index < -0.39 is 11.7 Å². The minimum atomic E-state index is -4.38. The highest BCUT2D eigenvalue weighted by Gasteiger charge is 2.31. The van der Waals surface area contributed by atoms with Crippen LogP contribution in [0.3, 0.4) is 0 Å².